The molecule has 0 aliphatic heterocycles. The molecule has 0 unspecified atom stereocenters. The second-order valence-electron chi connectivity index (χ2n) is 10.5. The zero-order valence-electron chi connectivity index (χ0n) is 24.6. The first-order chi connectivity index (χ1) is 18.8. The Bertz CT molecular complexity index is 1430. The fourth-order valence-corrected chi connectivity index (χ4v) is 5.77. The molecule has 0 aliphatic carbocycles. The molecule has 8 heteroatoms. The number of nitrogens with one attached hydrogen (secondary N) is 1. The van der Waals surface area contributed by atoms with Gasteiger partial charge >= 0.3 is 0 Å². The second kappa shape index (κ2) is 13.1. The Labute approximate surface area is 239 Å². The Hall–Kier alpha value is -3.65. The highest BCUT2D eigenvalue weighted by Crippen LogP contribution is 2.29. The minimum atomic E-state index is -4.10. The molecule has 1 N–H and O–H groups in total. The van der Waals surface area contributed by atoms with Crippen LogP contribution in [0.25, 0.3) is 0 Å². The van der Waals surface area contributed by atoms with E-state index in [0.29, 0.717) is 5.69 Å². The fraction of sp³-hybridized carbons (Fsp3) is 0.375. The molecule has 7 nitrogen and oxygen atoms in total. The summed E-state index contributed by atoms with van der Waals surface area (Å²) in [5.41, 5.74) is 4.96. The highest BCUT2D eigenvalue weighted by molar-refractivity contribution is 7.92. The van der Waals surface area contributed by atoms with Crippen LogP contribution in [0.3, 0.4) is 0 Å². The molecular weight excluding hydrogens is 522 g/mol. The third kappa shape index (κ3) is 7.30. The Morgan fingerprint density at radius 2 is 1.43 bits per heavy atom. The van der Waals surface area contributed by atoms with Crippen LogP contribution in [-0.2, 0) is 26.2 Å². The smallest absolute Gasteiger partial charge is 0.264 e. The molecule has 0 fully saturated rings. The van der Waals surface area contributed by atoms with E-state index in [0.717, 1.165) is 34.2 Å². The van der Waals surface area contributed by atoms with E-state index in [1.807, 2.05) is 71.9 Å². The number of amides is 2. The molecule has 2 amide bonds. The van der Waals surface area contributed by atoms with Crippen LogP contribution >= 0.6 is 0 Å². The van der Waals surface area contributed by atoms with Gasteiger partial charge < -0.3 is 10.2 Å². The molecular formula is C32H41N3O4S. The molecule has 0 heterocycles. The lowest BCUT2D eigenvalue weighted by molar-refractivity contribution is -0.139. The molecule has 0 radical (unpaired) electrons. The molecule has 0 saturated carbocycles. The molecule has 40 heavy (non-hydrogen) atoms. The third-order valence-corrected chi connectivity index (χ3v) is 9.15. The summed E-state index contributed by atoms with van der Waals surface area (Å²) in [6, 6.07) is 18.9. The minimum Gasteiger partial charge on any atom is -0.352 e. The van der Waals surface area contributed by atoms with Gasteiger partial charge in [-0.25, -0.2) is 8.42 Å². The monoisotopic (exact) mass is 563 g/mol. The van der Waals surface area contributed by atoms with Crippen molar-refractivity contribution in [1.29, 1.82) is 0 Å². The average molecular weight is 564 g/mol. The number of hydrogen-bond donors (Lipinski definition) is 1. The van der Waals surface area contributed by atoms with Crippen molar-refractivity contribution >= 4 is 27.5 Å². The van der Waals surface area contributed by atoms with Gasteiger partial charge in [0.15, 0.2) is 0 Å². The van der Waals surface area contributed by atoms with Gasteiger partial charge in [0.2, 0.25) is 11.8 Å². The first-order valence-electron chi connectivity index (χ1n) is 13.7. The molecule has 3 aromatic rings. The fourth-order valence-electron chi connectivity index (χ4n) is 4.29. The number of aryl methyl sites for hydroxylation is 3. The second-order valence-corrected chi connectivity index (χ2v) is 12.4. The largest absolute Gasteiger partial charge is 0.352 e. The number of benzene rings is 3. The predicted molar refractivity (Wildman–Crippen MR) is 161 cm³/mol. The van der Waals surface area contributed by atoms with E-state index >= 15 is 0 Å². The Morgan fingerprint density at radius 3 is 2.00 bits per heavy atom. The normalized spacial score (nSPS) is 12.9. The summed E-state index contributed by atoms with van der Waals surface area (Å²) in [7, 11) is -4.10. The van der Waals surface area contributed by atoms with Gasteiger partial charge in [-0.15, -0.1) is 0 Å². The predicted octanol–water partition coefficient (Wildman–Crippen LogP) is 5.45. The number of sulfonamides is 1. The van der Waals surface area contributed by atoms with E-state index in [2.05, 4.69) is 5.32 Å². The lowest BCUT2D eigenvalue weighted by Crippen LogP contribution is -2.52. The van der Waals surface area contributed by atoms with Crippen LogP contribution in [-0.4, -0.2) is 43.8 Å². The summed E-state index contributed by atoms with van der Waals surface area (Å²) in [6.45, 7) is 12.9. The van der Waals surface area contributed by atoms with Crippen LogP contribution in [0.15, 0.2) is 71.6 Å². The summed E-state index contributed by atoms with van der Waals surface area (Å²) in [5, 5.41) is 2.96. The van der Waals surface area contributed by atoms with Gasteiger partial charge in [-0.1, -0.05) is 66.6 Å². The Morgan fingerprint density at radius 1 is 0.850 bits per heavy atom. The van der Waals surface area contributed by atoms with Gasteiger partial charge in [0.1, 0.15) is 12.6 Å². The van der Waals surface area contributed by atoms with Crippen molar-refractivity contribution in [3.8, 4) is 0 Å². The van der Waals surface area contributed by atoms with Crippen LogP contribution in [0, 0.1) is 27.7 Å². The standard InChI is InChI=1S/C32H41N3O4S/c1-8-25(5)33-32(37)27(7)34(20-28-16-12-22(2)13-17-28)31(36)21-35(30-11-9-10-24(4)26(30)6)40(38,39)29-18-14-23(3)15-19-29/h9-19,25,27H,8,20-21H2,1-7H3,(H,33,37)/t25-,27+/m1/s1. The number of rotatable bonds is 11. The number of hydrogen-bond acceptors (Lipinski definition) is 4. The van der Waals surface area contributed by atoms with Gasteiger partial charge in [-0.2, -0.15) is 0 Å². The van der Waals surface area contributed by atoms with Gasteiger partial charge in [0.25, 0.3) is 10.0 Å². The van der Waals surface area contributed by atoms with E-state index in [4.69, 9.17) is 0 Å². The van der Waals surface area contributed by atoms with Crippen LogP contribution in [0.2, 0.25) is 0 Å². The number of nitrogens with zero attached hydrogens (tertiary/aromatic N) is 2. The van der Waals surface area contributed by atoms with Gasteiger partial charge in [-0.05, 0) is 82.9 Å². The third-order valence-electron chi connectivity index (χ3n) is 7.37. The maximum Gasteiger partial charge on any atom is 0.264 e. The summed E-state index contributed by atoms with van der Waals surface area (Å²) in [6.07, 6.45) is 0.750. The lowest BCUT2D eigenvalue weighted by Gasteiger charge is -2.33. The van der Waals surface area contributed by atoms with Crippen LogP contribution < -0.4 is 9.62 Å². The summed E-state index contributed by atoms with van der Waals surface area (Å²) >= 11 is 0. The molecule has 3 rings (SSSR count). The minimum absolute atomic E-state index is 0.0559. The summed E-state index contributed by atoms with van der Waals surface area (Å²) in [4.78, 5) is 28.8. The highest BCUT2D eigenvalue weighted by Gasteiger charge is 2.33. The van der Waals surface area contributed by atoms with Crippen molar-refractivity contribution in [2.45, 2.75) is 78.4 Å². The first-order valence-corrected chi connectivity index (χ1v) is 15.1. The molecule has 0 aliphatic rings. The Balaban J connectivity index is 2.06. The summed E-state index contributed by atoms with van der Waals surface area (Å²) < 4.78 is 29.2. The first kappa shape index (κ1) is 30.9. The number of carbonyl (C=O) groups is 2. The maximum atomic E-state index is 14.1. The molecule has 0 saturated heterocycles. The van der Waals surface area contributed by atoms with Gasteiger partial charge in [-0.3, -0.25) is 13.9 Å². The molecule has 0 bridgehead atoms. The Kier molecular flexibility index (Phi) is 10.1. The molecule has 3 aromatic carbocycles. The van der Waals surface area contributed by atoms with Crippen molar-refractivity contribution in [3.05, 3.63) is 94.5 Å². The van der Waals surface area contributed by atoms with E-state index < -0.39 is 28.5 Å². The zero-order chi connectivity index (χ0) is 29.6. The topological polar surface area (TPSA) is 86.8 Å². The molecule has 2 atom stereocenters. The summed E-state index contributed by atoms with van der Waals surface area (Å²) in [5.74, 6) is -0.751. The van der Waals surface area contributed by atoms with Crippen LogP contribution in [0.4, 0.5) is 5.69 Å². The lowest BCUT2D eigenvalue weighted by atomic mass is 10.1. The number of carbonyl (C=O) groups excluding carboxylic acids is 2. The van der Waals surface area contributed by atoms with E-state index in [9.17, 15) is 18.0 Å². The van der Waals surface area contributed by atoms with Crippen LogP contribution in [0.5, 0.6) is 0 Å². The van der Waals surface area contributed by atoms with Gasteiger partial charge in [0.05, 0.1) is 10.6 Å². The van der Waals surface area contributed by atoms with E-state index in [-0.39, 0.29) is 23.4 Å². The van der Waals surface area contributed by atoms with Gasteiger partial charge in [0, 0.05) is 12.6 Å². The number of anilines is 1. The van der Waals surface area contributed by atoms with E-state index in [1.165, 1.54) is 9.21 Å². The molecule has 0 spiro atoms. The van der Waals surface area contributed by atoms with Crippen molar-refractivity contribution < 1.29 is 18.0 Å². The van der Waals surface area contributed by atoms with Crippen molar-refractivity contribution in [1.82, 2.24) is 10.2 Å². The van der Waals surface area contributed by atoms with Crippen molar-refractivity contribution in [2.24, 2.45) is 0 Å². The van der Waals surface area contributed by atoms with Crippen molar-refractivity contribution in [3.63, 3.8) is 0 Å². The highest BCUT2D eigenvalue weighted by atomic mass is 32.2. The molecule has 214 valence electrons. The average Bonchev–Trinajstić information content (AvgIpc) is 2.92. The molecule has 0 aromatic heterocycles. The SMILES string of the molecule is CC[C@@H](C)NC(=O)[C@H](C)N(Cc1ccc(C)cc1)C(=O)CN(c1cccc(C)c1C)S(=O)(=O)c1ccc(C)cc1. The van der Waals surface area contributed by atoms with E-state index in [1.54, 1.807) is 43.3 Å². The van der Waals surface area contributed by atoms with Crippen LogP contribution in [0.1, 0.15) is 55.0 Å². The maximum absolute atomic E-state index is 14.1. The van der Waals surface area contributed by atoms with Crippen molar-refractivity contribution in [2.75, 3.05) is 10.8 Å². The quantitative estimate of drug-likeness (QED) is 0.336. The zero-order valence-corrected chi connectivity index (χ0v) is 25.4.